The molecule has 4 heteroatoms. The van der Waals surface area contributed by atoms with Gasteiger partial charge in [-0.1, -0.05) is 23.7 Å². The van der Waals surface area contributed by atoms with Crippen LogP contribution < -0.4 is 10.2 Å². The number of anilines is 2. The second-order valence-electron chi connectivity index (χ2n) is 4.94. The van der Waals surface area contributed by atoms with Gasteiger partial charge in [-0.15, -0.1) is 0 Å². The van der Waals surface area contributed by atoms with Crippen LogP contribution in [-0.2, 0) is 0 Å². The van der Waals surface area contributed by atoms with Crippen LogP contribution in [0.2, 0.25) is 5.02 Å². The molecule has 21 heavy (non-hydrogen) atoms. The Bertz CT molecular complexity index is 676. The molecule has 0 saturated heterocycles. The average molecular weight is 300 g/mol. The van der Waals surface area contributed by atoms with E-state index in [0.29, 0.717) is 10.6 Å². The van der Waals surface area contributed by atoms with Crippen molar-refractivity contribution in [3.05, 3.63) is 58.6 Å². The predicted octanol–water partition coefficient (Wildman–Crippen LogP) is 4.26. The quantitative estimate of drug-likeness (QED) is 0.917. The van der Waals surface area contributed by atoms with Crippen molar-refractivity contribution in [3.8, 4) is 6.07 Å². The third-order valence-electron chi connectivity index (χ3n) is 3.63. The van der Waals surface area contributed by atoms with Gasteiger partial charge in [0.1, 0.15) is 0 Å². The maximum Gasteiger partial charge on any atom is 0.0992 e. The fraction of sp³-hybridized carbons (Fsp3) is 0.235. The molecule has 2 aromatic rings. The van der Waals surface area contributed by atoms with E-state index in [9.17, 15) is 0 Å². The van der Waals surface area contributed by atoms with Gasteiger partial charge in [0.15, 0.2) is 0 Å². The highest BCUT2D eigenvalue weighted by atomic mass is 35.5. The molecular formula is C17H18ClN3. The number of nitrogens with one attached hydrogen (secondary N) is 1. The summed E-state index contributed by atoms with van der Waals surface area (Å²) in [7, 11) is 3.87. The first kappa shape index (κ1) is 15.4. The maximum absolute atomic E-state index is 8.99. The largest absolute Gasteiger partial charge is 0.343 e. The molecule has 0 aliphatic rings. The molecule has 2 aromatic carbocycles. The van der Waals surface area contributed by atoms with E-state index < -0.39 is 0 Å². The van der Waals surface area contributed by atoms with Crippen molar-refractivity contribution in [2.24, 2.45) is 0 Å². The van der Waals surface area contributed by atoms with Crippen molar-refractivity contribution in [1.82, 2.24) is 5.32 Å². The molecular weight excluding hydrogens is 282 g/mol. The minimum Gasteiger partial charge on any atom is -0.343 e. The highest BCUT2D eigenvalue weighted by Crippen LogP contribution is 2.32. The Morgan fingerprint density at radius 2 is 2.00 bits per heavy atom. The van der Waals surface area contributed by atoms with Gasteiger partial charge < -0.3 is 10.2 Å². The first-order valence-corrected chi connectivity index (χ1v) is 7.15. The highest BCUT2D eigenvalue weighted by Gasteiger charge is 2.11. The maximum atomic E-state index is 8.99. The van der Waals surface area contributed by atoms with Gasteiger partial charge in [0.05, 0.1) is 22.3 Å². The van der Waals surface area contributed by atoms with Crippen LogP contribution in [0.3, 0.4) is 0 Å². The topological polar surface area (TPSA) is 39.1 Å². The lowest BCUT2D eigenvalue weighted by atomic mass is 10.1. The summed E-state index contributed by atoms with van der Waals surface area (Å²) in [4.78, 5) is 1.98. The number of nitrogens with zero attached hydrogens (tertiary/aromatic N) is 2. The molecule has 108 valence electrons. The second kappa shape index (κ2) is 6.62. The van der Waals surface area contributed by atoms with Gasteiger partial charge in [0.2, 0.25) is 0 Å². The Morgan fingerprint density at radius 1 is 1.24 bits per heavy atom. The van der Waals surface area contributed by atoms with Crippen molar-refractivity contribution >= 4 is 23.0 Å². The minimum absolute atomic E-state index is 0.253. The Morgan fingerprint density at radius 3 is 2.62 bits per heavy atom. The second-order valence-corrected chi connectivity index (χ2v) is 5.35. The van der Waals surface area contributed by atoms with Crippen LogP contribution >= 0.6 is 11.6 Å². The lowest BCUT2D eigenvalue weighted by Crippen LogP contribution is -2.14. The highest BCUT2D eigenvalue weighted by molar-refractivity contribution is 6.33. The molecule has 0 aliphatic heterocycles. The van der Waals surface area contributed by atoms with E-state index in [-0.39, 0.29) is 6.04 Å². The monoisotopic (exact) mass is 299 g/mol. The third-order valence-corrected chi connectivity index (χ3v) is 3.93. The molecule has 0 radical (unpaired) electrons. The fourth-order valence-electron chi connectivity index (χ4n) is 2.15. The normalized spacial score (nSPS) is 11.8. The van der Waals surface area contributed by atoms with Crippen molar-refractivity contribution < 1.29 is 0 Å². The number of halogens is 1. The third kappa shape index (κ3) is 3.36. The molecule has 0 bridgehead atoms. The average Bonchev–Trinajstić information content (AvgIpc) is 2.53. The summed E-state index contributed by atoms with van der Waals surface area (Å²) in [6.45, 7) is 2.09. The van der Waals surface area contributed by atoms with E-state index in [2.05, 4.69) is 24.4 Å². The van der Waals surface area contributed by atoms with Crippen molar-refractivity contribution in [1.29, 1.82) is 5.26 Å². The zero-order chi connectivity index (χ0) is 15.4. The van der Waals surface area contributed by atoms with Gasteiger partial charge in [0, 0.05) is 18.8 Å². The van der Waals surface area contributed by atoms with Crippen molar-refractivity contribution in [2.75, 3.05) is 19.0 Å². The number of hydrogen-bond acceptors (Lipinski definition) is 3. The molecule has 0 spiro atoms. The summed E-state index contributed by atoms with van der Waals surface area (Å²) in [5, 5.41) is 12.9. The SMILES string of the molecule is CNC(C)c1ccc(N(C)c2cccc(C#N)c2)c(Cl)c1. The van der Waals surface area contributed by atoms with Crippen molar-refractivity contribution in [2.45, 2.75) is 13.0 Å². The van der Waals surface area contributed by atoms with E-state index >= 15 is 0 Å². The van der Waals surface area contributed by atoms with E-state index in [1.165, 1.54) is 0 Å². The summed E-state index contributed by atoms with van der Waals surface area (Å²) in [5.41, 5.74) is 3.63. The van der Waals surface area contributed by atoms with Gasteiger partial charge in [0.25, 0.3) is 0 Å². The van der Waals surface area contributed by atoms with Crippen LogP contribution in [0.4, 0.5) is 11.4 Å². The standard InChI is InChI=1S/C17H18ClN3/c1-12(20-2)14-7-8-17(16(18)10-14)21(3)15-6-4-5-13(9-15)11-19/h4-10,12,20H,1-3H3. The number of benzene rings is 2. The molecule has 1 N–H and O–H groups in total. The molecule has 1 unspecified atom stereocenters. The molecule has 3 nitrogen and oxygen atoms in total. The van der Waals surface area contributed by atoms with Gasteiger partial charge in [-0.3, -0.25) is 0 Å². The van der Waals surface area contributed by atoms with Gasteiger partial charge >= 0.3 is 0 Å². The molecule has 0 saturated carbocycles. The molecule has 1 atom stereocenters. The first-order valence-electron chi connectivity index (χ1n) is 6.77. The zero-order valence-electron chi connectivity index (χ0n) is 12.4. The Labute approximate surface area is 130 Å². The summed E-state index contributed by atoms with van der Waals surface area (Å²) in [5.74, 6) is 0. The minimum atomic E-state index is 0.253. The van der Waals surface area contributed by atoms with Gasteiger partial charge in [-0.25, -0.2) is 0 Å². The molecule has 0 aromatic heterocycles. The fourth-order valence-corrected chi connectivity index (χ4v) is 2.47. The van der Waals surface area contributed by atoms with Crippen LogP contribution in [0.25, 0.3) is 0 Å². The lowest BCUT2D eigenvalue weighted by Gasteiger charge is -2.22. The molecule has 0 amide bonds. The van der Waals surface area contributed by atoms with Crippen LogP contribution in [0.1, 0.15) is 24.1 Å². The van der Waals surface area contributed by atoms with E-state index in [1.54, 1.807) is 6.07 Å². The van der Waals surface area contributed by atoms with Crippen LogP contribution in [0, 0.1) is 11.3 Å². The number of hydrogen-bond donors (Lipinski definition) is 1. The molecule has 2 rings (SSSR count). The summed E-state index contributed by atoms with van der Waals surface area (Å²) in [6, 6.07) is 15.9. The van der Waals surface area contributed by atoms with E-state index in [4.69, 9.17) is 16.9 Å². The van der Waals surface area contributed by atoms with Crippen LogP contribution in [-0.4, -0.2) is 14.1 Å². The molecule has 0 aliphatic carbocycles. The Hall–Kier alpha value is -2.02. The van der Waals surface area contributed by atoms with Gasteiger partial charge in [-0.2, -0.15) is 5.26 Å². The van der Waals surface area contributed by atoms with Crippen LogP contribution in [0.15, 0.2) is 42.5 Å². The number of nitriles is 1. The molecule has 0 fully saturated rings. The molecule has 0 heterocycles. The Kier molecular flexibility index (Phi) is 4.85. The Balaban J connectivity index is 2.35. The van der Waals surface area contributed by atoms with Gasteiger partial charge in [-0.05, 0) is 49.9 Å². The van der Waals surface area contributed by atoms with Crippen molar-refractivity contribution in [3.63, 3.8) is 0 Å². The smallest absolute Gasteiger partial charge is 0.0992 e. The summed E-state index contributed by atoms with van der Waals surface area (Å²) < 4.78 is 0. The summed E-state index contributed by atoms with van der Waals surface area (Å²) >= 11 is 6.41. The summed E-state index contributed by atoms with van der Waals surface area (Å²) in [6.07, 6.45) is 0. The zero-order valence-corrected chi connectivity index (χ0v) is 13.1. The first-order chi connectivity index (χ1) is 10.1. The lowest BCUT2D eigenvalue weighted by molar-refractivity contribution is 0.652. The number of rotatable bonds is 4. The van der Waals surface area contributed by atoms with E-state index in [0.717, 1.165) is 16.9 Å². The predicted molar refractivity (Wildman–Crippen MR) is 88.1 cm³/mol. The van der Waals surface area contributed by atoms with Crippen LogP contribution in [0.5, 0.6) is 0 Å². The van der Waals surface area contributed by atoms with E-state index in [1.807, 2.05) is 49.3 Å².